The number of allylic oxidation sites excluding steroid dienone is 2. The molecule has 0 saturated carbocycles. The summed E-state index contributed by atoms with van der Waals surface area (Å²) in [5, 5.41) is 0. The Hall–Kier alpha value is -0.260. The van der Waals surface area contributed by atoms with Gasteiger partial charge in [-0.2, -0.15) is 0 Å². The van der Waals surface area contributed by atoms with Crippen molar-refractivity contribution in [1.29, 1.82) is 0 Å². The molecule has 0 amide bonds. The van der Waals surface area contributed by atoms with Crippen LogP contribution < -0.4 is 0 Å². The van der Waals surface area contributed by atoms with Crippen LogP contribution in [0.4, 0.5) is 0 Å². The predicted octanol–water partition coefficient (Wildman–Crippen LogP) is 3.20. The minimum Gasteiger partial charge on any atom is -0.0885 e. The Labute approximate surface area is 64.3 Å². The van der Waals surface area contributed by atoms with E-state index < -0.39 is 0 Å². The number of rotatable bonds is 1. The standard InChI is InChI=1S/C10H17/c1-9(2)10-7-5-3-4-6-8-10/h3,5,9-10H,1,4,6-8H2,2H3. The van der Waals surface area contributed by atoms with Crippen LogP contribution in [0, 0.1) is 18.8 Å². The van der Waals surface area contributed by atoms with E-state index in [2.05, 4.69) is 26.0 Å². The van der Waals surface area contributed by atoms with Gasteiger partial charge in [-0.15, -0.1) is 0 Å². The van der Waals surface area contributed by atoms with Gasteiger partial charge in [0.25, 0.3) is 0 Å². The molecule has 0 aromatic rings. The van der Waals surface area contributed by atoms with E-state index in [0.29, 0.717) is 5.92 Å². The van der Waals surface area contributed by atoms with E-state index >= 15 is 0 Å². The zero-order valence-corrected chi connectivity index (χ0v) is 6.84. The Balaban J connectivity index is 2.37. The van der Waals surface area contributed by atoms with Gasteiger partial charge in [-0.25, -0.2) is 0 Å². The molecule has 10 heavy (non-hydrogen) atoms. The summed E-state index contributed by atoms with van der Waals surface area (Å²) in [7, 11) is 0. The molecule has 0 spiro atoms. The maximum atomic E-state index is 4.07. The Morgan fingerprint density at radius 1 is 1.50 bits per heavy atom. The van der Waals surface area contributed by atoms with Crippen LogP contribution in [-0.2, 0) is 0 Å². The fourth-order valence-electron chi connectivity index (χ4n) is 1.52. The van der Waals surface area contributed by atoms with E-state index in [1.165, 1.54) is 25.7 Å². The van der Waals surface area contributed by atoms with Crippen LogP contribution in [-0.4, -0.2) is 0 Å². The Morgan fingerprint density at radius 2 is 2.30 bits per heavy atom. The van der Waals surface area contributed by atoms with E-state index in [4.69, 9.17) is 0 Å². The third-order valence-electron chi connectivity index (χ3n) is 2.36. The number of hydrogen-bond donors (Lipinski definition) is 0. The lowest BCUT2D eigenvalue weighted by atomic mass is 9.89. The molecular weight excluding hydrogens is 120 g/mol. The average molecular weight is 137 g/mol. The summed E-state index contributed by atoms with van der Waals surface area (Å²) >= 11 is 0. The molecule has 0 aliphatic heterocycles. The quantitative estimate of drug-likeness (QED) is 0.487. The minimum atomic E-state index is 0.628. The van der Waals surface area contributed by atoms with E-state index in [1.807, 2.05) is 0 Å². The first-order valence-electron chi connectivity index (χ1n) is 4.29. The third kappa shape index (κ3) is 2.17. The van der Waals surface area contributed by atoms with Crippen LogP contribution in [0.1, 0.15) is 32.6 Å². The van der Waals surface area contributed by atoms with E-state index in [1.54, 1.807) is 0 Å². The Kier molecular flexibility index (Phi) is 2.98. The smallest absolute Gasteiger partial charge is 0.0320 e. The van der Waals surface area contributed by atoms with Gasteiger partial charge in [-0.1, -0.05) is 26.0 Å². The van der Waals surface area contributed by atoms with Gasteiger partial charge in [0, 0.05) is 0 Å². The van der Waals surface area contributed by atoms with Crippen LogP contribution in [0.5, 0.6) is 0 Å². The van der Waals surface area contributed by atoms with Crippen LogP contribution in [0.25, 0.3) is 0 Å². The first-order valence-corrected chi connectivity index (χ1v) is 4.29. The molecular formula is C10H17. The van der Waals surface area contributed by atoms with Crippen molar-refractivity contribution in [3.8, 4) is 0 Å². The molecule has 1 rings (SSSR count). The van der Waals surface area contributed by atoms with Crippen molar-refractivity contribution in [2.24, 2.45) is 11.8 Å². The molecule has 0 heterocycles. The fraction of sp³-hybridized carbons (Fsp3) is 0.700. The average Bonchev–Trinajstić information content (AvgIpc) is 2.12. The fourth-order valence-corrected chi connectivity index (χ4v) is 1.52. The van der Waals surface area contributed by atoms with Gasteiger partial charge in [0.2, 0.25) is 0 Å². The highest BCUT2D eigenvalue weighted by Crippen LogP contribution is 2.24. The van der Waals surface area contributed by atoms with Gasteiger partial charge in [-0.05, 0) is 37.5 Å². The molecule has 0 fully saturated rings. The highest BCUT2D eigenvalue weighted by Gasteiger charge is 2.12. The largest absolute Gasteiger partial charge is 0.0885 e. The van der Waals surface area contributed by atoms with Crippen LogP contribution in [0.2, 0.25) is 0 Å². The molecule has 0 bridgehead atoms. The molecule has 2 unspecified atom stereocenters. The molecule has 1 aliphatic carbocycles. The Morgan fingerprint density at radius 3 is 3.00 bits per heavy atom. The summed E-state index contributed by atoms with van der Waals surface area (Å²) in [6.07, 6.45) is 9.90. The van der Waals surface area contributed by atoms with Crippen molar-refractivity contribution >= 4 is 0 Å². The molecule has 0 nitrogen and oxygen atoms in total. The zero-order chi connectivity index (χ0) is 7.40. The molecule has 57 valence electrons. The minimum absolute atomic E-state index is 0.628. The zero-order valence-electron chi connectivity index (χ0n) is 6.84. The molecule has 0 heteroatoms. The summed E-state index contributed by atoms with van der Waals surface area (Å²) in [5.41, 5.74) is 0. The van der Waals surface area contributed by atoms with Crippen LogP contribution >= 0.6 is 0 Å². The maximum absolute atomic E-state index is 4.07. The van der Waals surface area contributed by atoms with Gasteiger partial charge in [0.1, 0.15) is 0 Å². The summed E-state index contributed by atoms with van der Waals surface area (Å²) in [6.45, 7) is 6.30. The molecule has 0 saturated heterocycles. The highest BCUT2D eigenvalue weighted by molar-refractivity contribution is 4.89. The topological polar surface area (TPSA) is 0 Å². The Bertz CT molecular complexity index is 111. The van der Waals surface area contributed by atoms with E-state index in [0.717, 1.165) is 5.92 Å². The van der Waals surface area contributed by atoms with E-state index in [-0.39, 0.29) is 0 Å². The van der Waals surface area contributed by atoms with E-state index in [9.17, 15) is 0 Å². The number of hydrogen-bond acceptors (Lipinski definition) is 0. The molecule has 0 N–H and O–H groups in total. The predicted molar refractivity (Wildman–Crippen MR) is 45.6 cm³/mol. The van der Waals surface area contributed by atoms with Crippen molar-refractivity contribution in [3.63, 3.8) is 0 Å². The molecule has 1 aliphatic rings. The lowest BCUT2D eigenvalue weighted by Gasteiger charge is -2.16. The summed E-state index contributed by atoms with van der Waals surface area (Å²) < 4.78 is 0. The van der Waals surface area contributed by atoms with Crippen molar-refractivity contribution in [2.45, 2.75) is 32.6 Å². The van der Waals surface area contributed by atoms with Crippen LogP contribution in [0.15, 0.2) is 12.2 Å². The summed E-state index contributed by atoms with van der Waals surface area (Å²) in [6, 6.07) is 0. The van der Waals surface area contributed by atoms with Crippen molar-refractivity contribution < 1.29 is 0 Å². The second kappa shape index (κ2) is 3.80. The van der Waals surface area contributed by atoms with Gasteiger partial charge >= 0.3 is 0 Å². The molecule has 0 aromatic heterocycles. The SMILES string of the molecule is [CH2]C(C)C1CC=CCCC1. The molecule has 2 atom stereocenters. The third-order valence-corrected chi connectivity index (χ3v) is 2.36. The second-order valence-electron chi connectivity index (χ2n) is 3.38. The normalized spacial score (nSPS) is 26.9. The molecule has 1 radical (unpaired) electrons. The van der Waals surface area contributed by atoms with Crippen molar-refractivity contribution in [2.75, 3.05) is 0 Å². The molecule has 0 aromatic carbocycles. The maximum Gasteiger partial charge on any atom is -0.0320 e. The van der Waals surface area contributed by atoms with Gasteiger partial charge < -0.3 is 0 Å². The van der Waals surface area contributed by atoms with Gasteiger partial charge in [0.15, 0.2) is 0 Å². The second-order valence-corrected chi connectivity index (χ2v) is 3.38. The van der Waals surface area contributed by atoms with Gasteiger partial charge in [-0.3, -0.25) is 0 Å². The van der Waals surface area contributed by atoms with Crippen molar-refractivity contribution in [3.05, 3.63) is 19.1 Å². The monoisotopic (exact) mass is 137 g/mol. The summed E-state index contributed by atoms with van der Waals surface area (Å²) in [4.78, 5) is 0. The highest BCUT2D eigenvalue weighted by atomic mass is 14.2. The first-order chi connectivity index (χ1) is 4.80. The lowest BCUT2D eigenvalue weighted by molar-refractivity contribution is 0.390. The van der Waals surface area contributed by atoms with Gasteiger partial charge in [0.05, 0.1) is 0 Å². The first kappa shape index (κ1) is 7.84. The van der Waals surface area contributed by atoms with Crippen LogP contribution in [0.3, 0.4) is 0 Å². The van der Waals surface area contributed by atoms with Crippen molar-refractivity contribution in [1.82, 2.24) is 0 Å². The summed E-state index contributed by atoms with van der Waals surface area (Å²) in [5.74, 6) is 1.47. The lowest BCUT2D eigenvalue weighted by Crippen LogP contribution is -2.06.